The molecule has 8 heavy (non-hydrogen) atoms. The lowest BCUT2D eigenvalue weighted by Crippen LogP contribution is -2.41. The third kappa shape index (κ3) is 1.41. The van der Waals surface area contributed by atoms with Crippen LogP contribution in [-0.4, -0.2) is 35.9 Å². The Bertz CT molecular complexity index is 59.7. The molecule has 1 fully saturated rings. The molecular weight excluding hydrogens is 110 g/mol. The Morgan fingerprint density at radius 3 is 2.62 bits per heavy atom. The molecule has 4 nitrogen and oxygen atoms in total. The number of hydrogen-bond acceptors (Lipinski definition) is 3. The highest BCUT2D eigenvalue weighted by atomic mass is 16.6. The molecule has 4 heteroatoms. The molecule has 0 saturated carbocycles. The maximum atomic E-state index is 8.62. The van der Waals surface area contributed by atoms with Crippen molar-refractivity contribution < 1.29 is 14.9 Å². The van der Waals surface area contributed by atoms with Crippen LogP contribution in [-0.2, 0) is 4.74 Å². The fourth-order valence-electron chi connectivity index (χ4n) is 0.514. The summed E-state index contributed by atoms with van der Waals surface area (Å²) >= 11 is 0. The molecule has 2 N–H and O–H groups in total. The van der Waals surface area contributed by atoms with Gasteiger partial charge in [0.2, 0.25) is 0 Å². The van der Waals surface area contributed by atoms with Crippen LogP contribution < -0.4 is 5.32 Å². The highest BCUT2D eigenvalue weighted by Gasteiger charge is 2.16. The van der Waals surface area contributed by atoms with E-state index in [0.29, 0.717) is 0 Å². The third-order valence-corrected chi connectivity index (χ3v) is 0.910. The highest BCUT2D eigenvalue weighted by Crippen LogP contribution is 1.95. The second-order valence-electron chi connectivity index (χ2n) is 1.63. The Morgan fingerprint density at radius 1 is 1.50 bits per heavy atom. The number of aliphatic hydroxyl groups is 2. The molecule has 1 saturated heterocycles. The van der Waals surface area contributed by atoms with E-state index in [-0.39, 0.29) is 13.2 Å². The van der Waals surface area contributed by atoms with Crippen LogP contribution in [0.2, 0.25) is 0 Å². The van der Waals surface area contributed by atoms with Crippen molar-refractivity contribution >= 4 is 0 Å². The summed E-state index contributed by atoms with van der Waals surface area (Å²) in [6, 6.07) is 0. The number of aliphatic hydroxyl groups excluding tert-OH is 2. The lowest BCUT2D eigenvalue weighted by molar-refractivity contribution is -0.157. The van der Waals surface area contributed by atoms with Gasteiger partial charge in [-0.05, 0) is 0 Å². The minimum atomic E-state index is -0.807. The van der Waals surface area contributed by atoms with E-state index in [2.05, 4.69) is 10.1 Å². The second kappa shape index (κ2) is 2.41. The first-order valence-corrected chi connectivity index (χ1v) is 2.43. The summed E-state index contributed by atoms with van der Waals surface area (Å²) in [5, 5.41) is 20.8. The van der Waals surface area contributed by atoms with Crippen LogP contribution in [0.1, 0.15) is 0 Å². The molecule has 0 spiro atoms. The Kier molecular flexibility index (Phi) is 1.80. The van der Waals surface area contributed by atoms with Crippen molar-refractivity contribution in [1.82, 2.24) is 5.32 Å². The predicted octanol–water partition coefficient (Wildman–Crippen LogP) is -1.74. The van der Waals surface area contributed by atoms with E-state index in [4.69, 9.17) is 10.2 Å². The van der Waals surface area contributed by atoms with Crippen LogP contribution in [0, 0.1) is 0 Å². The van der Waals surface area contributed by atoms with E-state index in [0.717, 1.165) is 0 Å². The first-order valence-electron chi connectivity index (χ1n) is 2.43. The molecular formula is C4H8NO3. The van der Waals surface area contributed by atoms with Crippen LogP contribution in [0.25, 0.3) is 0 Å². The normalized spacial score (nSPS) is 39.8. The smallest absolute Gasteiger partial charge is 0.169 e. The molecule has 1 heterocycles. The summed E-state index contributed by atoms with van der Waals surface area (Å²) in [6.07, 6.45) is -1.54. The molecule has 1 aliphatic rings. The van der Waals surface area contributed by atoms with Crippen molar-refractivity contribution in [3.63, 3.8) is 0 Å². The lowest BCUT2D eigenvalue weighted by Gasteiger charge is -2.21. The number of nitrogens with zero attached hydrogens (tertiary/aromatic N) is 1. The molecule has 1 aliphatic heterocycles. The van der Waals surface area contributed by atoms with E-state index in [1.807, 2.05) is 0 Å². The fraction of sp³-hybridized carbons (Fsp3) is 1.00. The monoisotopic (exact) mass is 118 g/mol. The Labute approximate surface area is 47.1 Å². The molecule has 0 aromatic rings. The van der Waals surface area contributed by atoms with Gasteiger partial charge in [-0.3, -0.25) is 0 Å². The number of morpholine rings is 1. The Balaban J connectivity index is 2.19. The molecule has 0 aliphatic carbocycles. The molecule has 0 amide bonds. The van der Waals surface area contributed by atoms with Gasteiger partial charge < -0.3 is 14.9 Å². The van der Waals surface area contributed by atoms with Crippen molar-refractivity contribution in [3.05, 3.63) is 0 Å². The van der Waals surface area contributed by atoms with Crippen LogP contribution in [0.5, 0.6) is 0 Å². The lowest BCUT2D eigenvalue weighted by atomic mass is 10.5. The van der Waals surface area contributed by atoms with Crippen molar-refractivity contribution in [1.29, 1.82) is 0 Å². The van der Waals surface area contributed by atoms with Crippen LogP contribution in [0.3, 0.4) is 0 Å². The van der Waals surface area contributed by atoms with Crippen molar-refractivity contribution in [3.8, 4) is 0 Å². The Hall–Kier alpha value is -0.160. The highest BCUT2D eigenvalue weighted by molar-refractivity contribution is 4.59. The number of rotatable bonds is 0. The number of ether oxygens (including phenoxy) is 1. The quantitative estimate of drug-likeness (QED) is 0.397. The van der Waals surface area contributed by atoms with Crippen LogP contribution in [0.15, 0.2) is 0 Å². The molecule has 1 rings (SSSR count). The zero-order chi connectivity index (χ0) is 5.98. The predicted molar refractivity (Wildman–Crippen MR) is 25.0 cm³/mol. The van der Waals surface area contributed by atoms with Crippen molar-refractivity contribution in [2.75, 3.05) is 13.2 Å². The Morgan fingerprint density at radius 2 is 2.25 bits per heavy atom. The van der Waals surface area contributed by atoms with Gasteiger partial charge in [-0.25, -0.2) is 5.32 Å². The van der Waals surface area contributed by atoms with Crippen molar-refractivity contribution in [2.24, 2.45) is 0 Å². The standard InChI is InChI=1S/C4H8NO3/c6-3-2-8-4(7)1-5-3/h3-4,6-7H,1-2H2. The van der Waals surface area contributed by atoms with E-state index in [1.165, 1.54) is 0 Å². The summed E-state index contributed by atoms with van der Waals surface area (Å²) < 4.78 is 4.60. The summed E-state index contributed by atoms with van der Waals surface area (Å²) in [7, 11) is 0. The van der Waals surface area contributed by atoms with Gasteiger partial charge in [0.25, 0.3) is 0 Å². The van der Waals surface area contributed by atoms with Gasteiger partial charge in [-0.1, -0.05) is 0 Å². The second-order valence-corrected chi connectivity index (χ2v) is 1.63. The molecule has 1 radical (unpaired) electrons. The van der Waals surface area contributed by atoms with E-state index in [9.17, 15) is 0 Å². The maximum absolute atomic E-state index is 8.62. The SMILES string of the molecule is OC1COC(O)C[N]1. The van der Waals surface area contributed by atoms with Gasteiger partial charge in [0, 0.05) is 0 Å². The molecule has 2 atom stereocenters. The van der Waals surface area contributed by atoms with Gasteiger partial charge in [-0.2, -0.15) is 0 Å². The first-order chi connectivity index (χ1) is 3.79. The van der Waals surface area contributed by atoms with Gasteiger partial charge in [0.05, 0.1) is 13.2 Å². The van der Waals surface area contributed by atoms with E-state index >= 15 is 0 Å². The topological polar surface area (TPSA) is 63.8 Å². The first kappa shape index (κ1) is 5.97. The molecule has 47 valence electrons. The maximum Gasteiger partial charge on any atom is 0.169 e. The molecule has 2 unspecified atom stereocenters. The summed E-state index contributed by atoms with van der Waals surface area (Å²) in [5.41, 5.74) is 0. The van der Waals surface area contributed by atoms with Gasteiger partial charge in [0.15, 0.2) is 6.29 Å². The minimum absolute atomic E-state index is 0.112. The van der Waals surface area contributed by atoms with Gasteiger partial charge in [0.1, 0.15) is 6.23 Å². The van der Waals surface area contributed by atoms with Gasteiger partial charge in [-0.15, -0.1) is 0 Å². The third-order valence-electron chi connectivity index (χ3n) is 0.910. The van der Waals surface area contributed by atoms with Crippen LogP contribution in [0.4, 0.5) is 0 Å². The largest absolute Gasteiger partial charge is 0.375 e. The fourth-order valence-corrected chi connectivity index (χ4v) is 0.514. The zero-order valence-corrected chi connectivity index (χ0v) is 4.32. The minimum Gasteiger partial charge on any atom is -0.375 e. The summed E-state index contributed by atoms with van der Waals surface area (Å²) in [5.74, 6) is 0. The van der Waals surface area contributed by atoms with E-state index < -0.39 is 12.5 Å². The van der Waals surface area contributed by atoms with E-state index in [1.54, 1.807) is 0 Å². The summed E-state index contributed by atoms with van der Waals surface area (Å²) in [4.78, 5) is 0. The molecule has 0 aromatic carbocycles. The average molecular weight is 118 g/mol. The number of hydrogen-bond donors (Lipinski definition) is 2. The van der Waals surface area contributed by atoms with Crippen molar-refractivity contribution in [2.45, 2.75) is 12.5 Å². The average Bonchev–Trinajstić information content (AvgIpc) is 1.77. The summed E-state index contributed by atoms with van der Waals surface area (Å²) in [6.45, 7) is 0.294. The molecule has 0 aromatic heterocycles. The zero-order valence-electron chi connectivity index (χ0n) is 4.32. The van der Waals surface area contributed by atoms with Gasteiger partial charge >= 0.3 is 0 Å². The van der Waals surface area contributed by atoms with Crippen LogP contribution >= 0.6 is 0 Å². The molecule has 0 bridgehead atoms.